The average molecular weight is 256 g/mol. The van der Waals surface area contributed by atoms with Crippen molar-refractivity contribution in [3.8, 4) is 0 Å². The third-order valence-electron chi connectivity index (χ3n) is 2.76. The van der Waals surface area contributed by atoms with Crippen LogP contribution in [0.5, 0.6) is 0 Å². The van der Waals surface area contributed by atoms with E-state index in [4.69, 9.17) is 4.84 Å². The van der Waals surface area contributed by atoms with Crippen LogP contribution in [0.2, 0.25) is 0 Å². The molecule has 2 amide bonds. The summed E-state index contributed by atoms with van der Waals surface area (Å²) in [4.78, 5) is 30.4. The van der Waals surface area contributed by atoms with Crippen molar-refractivity contribution in [3.05, 3.63) is 0 Å². The van der Waals surface area contributed by atoms with Gasteiger partial charge in [0.2, 0.25) is 11.8 Å². The molecule has 0 aliphatic carbocycles. The van der Waals surface area contributed by atoms with E-state index in [1.165, 1.54) is 0 Å². The summed E-state index contributed by atoms with van der Waals surface area (Å²) in [6, 6.07) is 0. The van der Waals surface area contributed by atoms with Gasteiger partial charge < -0.3 is 4.90 Å². The quantitative estimate of drug-likeness (QED) is 0.726. The first-order chi connectivity index (χ1) is 8.40. The fourth-order valence-corrected chi connectivity index (χ4v) is 1.93. The number of hydrogen-bond acceptors (Lipinski definition) is 3. The molecule has 1 fully saturated rings. The van der Waals surface area contributed by atoms with Gasteiger partial charge in [-0.05, 0) is 11.8 Å². The lowest BCUT2D eigenvalue weighted by atomic mass is 10.1. The highest BCUT2D eigenvalue weighted by Gasteiger charge is 2.34. The molecule has 0 aromatic carbocycles. The number of likely N-dealkylation sites (tertiary alicyclic amines) is 1. The van der Waals surface area contributed by atoms with Gasteiger partial charge in [0.25, 0.3) is 0 Å². The van der Waals surface area contributed by atoms with E-state index >= 15 is 0 Å². The maximum Gasteiger partial charge on any atom is 0.248 e. The molecule has 0 radical (unpaired) electrons. The number of hydrogen-bond donors (Lipinski definition) is 1. The molecule has 1 saturated heterocycles. The Balaban J connectivity index is 2.35. The highest BCUT2D eigenvalue weighted by molar-refractivity contribution is 5.88. The second-order valence-electron chi connectivity index (χ2n) is 5.76. The minimum absolute atomic E-state index is 0.0627. The van der Waals surface area contributed by atoms with Crippen molar-refractivity contribution in [1.29, 1.82) is 0 Å². The van der Waals surface area contributed by atoms with Crippen LogP contribution >= 0.6 is 0 Å². The van der Waals surface area contributed by atoms with E-state index in [0.29, 0.717) is 31.4 Å². The van der Waals surface area contributed by atoms with Crippen LogP contribution in [0.3, 0.4) is 0 Å². The van der Waals surface area contributed by atoms with Crippen LogP contribution in [-0.4, -0.2) is 36.4 Å². The highest BCUT2D eigenvalue weighted by atomic mass is 16.6. The Hall–Kier alpha value is -1.10. The van der Waals surface area contributed by atoms with Gasteiger partial charge in [-0.3, -0.25) is 14.4 Å². The van der Waals surface area contributed by atoms with Crippen LogP contribution < -0.4 is 5.48 Å². The summed E-state index contributed by atoms with van der Waals surface area (Å²) in [5.41, 5.74) is 2.43. The highest BCUT2D eigenvalue weighted by Crippen LogP contribution is 2.19. The predicted molar refractivity (Wildman–Crippen MR) is 68.5 cm³/mol. The zero-order valence-electron chi connectivity index (χ0n) is 11.7. The van der Waals surface area contributed by atoms with E-state index in [2.05, 4.69) is 19.3 Å². The van der Waals surface area contributed by atoms with Gasteiger partial charge in [-0.2, -0.15) is 0 Å². The molecule has 0 aromatic heterocycles. The van der Waals surface area contributed by atoms with Gasteiger partial charge in [0.15, 0.2) is 0 Å². The summed E-state index contributed by atoms with van der Waals surface area (Å²) in [5, 5.41) is 0. The largest absolute Gasteiger partial charge is 0.342 e. The van der Waals surface area contributed by atoms with Crippen LogP contribution in [0, 0.1) is 17.8 Å². The van der Waals surface area contributed by atoms with Gasteiger partial charge >= 0.3 is 0 Å². The summed E-state index contributed by atoms with van der Waals surface area (Å²) in [5.74, 6) is 0.396. The van der Waals surface area contributed by atoms with Gasteiger partial charge in [-0.15, -0.1) is 0 Å². The first-order valence-electron chi connectivity index (χ1n) is 6.59. The summed E-state index contributed by atoms with van der Waals surface area (Å²) in [6.07, 6.45) is 0.295. The van der Waals surface area contributed by atoms with E-state index < -0.39 is 0 Å². The molecule has 1 rings (SSSR count). The Morgan fingerprint density at radius 1 is 1.39 bits per heavy atom. The van der Waals surface area contributed by atoms with E-state index in [0.717, 1.165) is 6.54 Å². The monoisotopic (exact) mass is 256 g/mol. The first-order valence-corrected chi connectivity index (χ1v) is 6.59. The standard InChI is InChI=1S/C13H24N2O3/c1-9(2)6-15-7-11(5-12(15)16)13(17)14-18-8-10(3)4/h9-11H,5-8H2,1-4H3,(H,14,17). The van der Waals surface area contributed by atoms with Crippen molar-refractivity contribution in [2.75, 3.05) is 19.7 Å². The topological polar surface area (TPSA) is 58.6 Å². The number of amides is 2. The molecule has 5 nitrogen and oxygen atoms in total. The van der Waals surface area contributed by atoms with E-state index in [-0.39, 0.29) is 17.7 Å². The molecular formula is C13H24N2O3. The third-order valence-corrected chi connectivity index (χ3v) is 2.76. The predicted octanol–water partition coefficient (Wildman–Crippen LogP) is 1.19. The molecule has 1 aliphatic heterocycles. The number of nitrogens with zero attached hydrogens (tertiary/aromatic N) is 1. The number of carbonyl (C=O) groups excluding carboxylic acids is 2. The van der Waals surface area contributed by atoms with Crippen LogP contribution in [0.15, 0.2) is 0 Å². The van der Waals surface area contributed by atoms with Crippen LogP contribution in [0.1, 0.15) is 34.1 Å². The maximum absolute atomic E-state index is 11.8. The average Bonchev–Trinajstić information content (AvgIpc) is 2.59. The van der Waals surface area contributed by atoms with Gasteiger partial charge in [-0.1, -0.05) is 27.7 Å². The minimum Gasteiger partial charge on any atom is -0.342 e. The number of hydroxylamine groups is 1. The molecule has 1 heterocycles. The molecule has 0 saturated carbocycles. The Labute approximate surface area is 109 Å². The SMILES string of the molecule is CC(C)CONC(=O)C1CC(=O)N(CC(C)C)C1. The molecular weight excluding hydrogens is 232 g/mol. The lowest BCUT2D eigenvalue weighted by Gasteiger charge is -2.18. The molecule has 0 spiro atoms. The fourth-order valence-electron chi connectivity index (χ4n) is 1.93. The second kappa shape index (κ2) is 6.73. The lowest BCUT2D eigenvalue weighted by Crippen LogP contribution is -2.34. The number of carbonyl (C=O) groups is 2. The Morgan fingerprint density at radius 3 is 2.61 bits per heavy atom. The zero-order chi connectivity index (χ0) is 13.7. The molecule has 0 aromatic rings. The Kier molecular flexibility index (Phi) is 5.59. The second-order valence-corrected chi connectivity index (χ2v) is 5.76. The maximum atomic E-state index is 11.8. The van der Waals surface area contributed by atoms with Crippen molar-refractivity contribution in [3.63, 3.8) is 0 Å². The summed E-state index contributed by atoms with van der Waals surface area (Å²) in [6.45, 7) is 9.86. The van der Waals surface area contributed by atoms with Gasteiger partial charge in [0, 0.05) is 19.5 Å². The van der Waals surface area contributed by atoms with Crippen LogP contribution in [0.25, 0.3) is 0 Å². The van der Waals surface area contributed by atoms with Crippen molar-refractivity contribution in [1.82, 2.24) is 10.4 Å². The van der Waals surface area contributed by atoms with Gasteiger partial charge in [0.1, 0.15) is 0 Å². The lowest BCUT2D eigenvalue weighted by molar-refractivity contribution is -0.138. The molecule has 5 heteroatoms. The van der Waals surface area contributed by atoms with Gasteiger partial charge in [0.05, 0.1) is 12.5 Å². The minimum atomic E-state index is -0.275. The third kappa shape index (κ3) is 4.64. The zero-order valence-corrected chi connectivity index (χ0v) is 11.7. The van der Waals surface area contributed by atoms with Crippen LogP contribution in [0.4, 0.5) is 0 Å². The summed E-state index contributed by atoms with van der Waals surface area (Å²) < 4.78 is 0. The summed E-state index contributed by atoms with van der Waals surface area (Å²) in [7, 11) is 0. The molecule has 1 unspecified atom stereocenters. The van der Waals surface area contributed by atoms with E-state index in [1.807, 2.05) is 13.8 Å². The normalized spacial score (nSPS) is 20.0. The molecule has 18 heavy (non-hydrogen) atoms. The molecule has 104 valence electrons. The van der Waals surface area contributed by atoms with Gasteiger partial charge in [-0.25, -0.2) is 5.48 Å². The van der Waals surface area contributed by atoms with Crippen molar-refractivity contribution < 1.29 is 14.4 Å². The summed E-state index contributed by atoms with van der Waals surface area (Å²) >= 11 is 0. The van der Waals surface area contributed by atoms with E-state index in [9.17, 15) is 9.59 Å². The first kappa shape index (κ1) is 15.0. The fraction of sp³-hybridized carbons (Fsp3) is 0.846. The molecule has 0 bridgehead atoms. The molecule has 1 atom stereocenters. The van der Waals surface area contributed by atoms with Crippen LogP contribution in [-0.2, 0) is 14.4 Å². The number of nitrogens with one attached hydrogen (secondary N) is 1. The van der Waals surface area contributed by atoms with Crippen molar-refractivity contribution in [2.45, 2.75) is 34.1 Å². The van der Waals surface area contributed by atoms with E-state index in [1.54, 1.807) is 4.90 Å². The van der Waals surface area contributed by atoms with Crippen molar-refractivity contribution >= 4 is 11.8 Å². The Morgan fingerprint density at radius 2 is 2.06 bits per heavy atom. The Bertz CT molecular complexity index is 303. The number of rotatable bonds is 6. The molecule has 1 aliphatic rings. The smallest absolute Gasteiger partial charge is 0.248 e. The molecule has 1 N–H and O–H groups in total. The van der Waals surface area contributed by atoms with Crippen molar-refractivity contribution in [2.24, 2.45) is 17.8 Å².